The summed E-state index contributed by atoms with van der Waals surface area (Å²) in [4.78, 5) is 14.7. The Morgan fingerprint density at radius 2 is 2.05 bits per heavy atom. The summed E-state index contributed by atoms with van der Waals surface area (Å²) in [6.07, 6.45) is -2.24. The average molecular weight is 274 g/mol. The van der Waals surface area contributed by atoms with Crippen molar-refractivity contribution in [1.82, 2.24) is 24.5 Å². The zero-order chi connectivity index (χ0) is 14.0. The van der Waals surface area contributed by atoms with Gasteiger partial charge in [-0.2, -0.15) is 28.1 Å². The minimum Gasteiger partial charge on any atom is -0.451 e. The van der Waals surface area contributed by atoms with Crippen molar-refractivity contribution in [2.24, 2.45) is 0 Å². The minimum absolute atomic E-state index is 0.0226. The Kier molecular flexibility index (Phi) is 3.23. The topological polar surface area (TPSA) is 91.7 Å². The highest BCUT2D eigenvalue weighted by Gasteiger charge is 2.38. The third kappa shape index (κ3) is 3.09. The molecule has 2 rings (SSSR count). The van der Waals surface area contributed by atoms with E-state index in [0.717, 1.165) is 6.92 Å². The SMILES string of the molecule is CC(Oc1nc(N)nc(-n2ccnc2)n1)C(F)(F)F. The Bertz CT molecular complexity index is 556. The van der Waals surface area contributed by atoms with Crippen LogP contribution in [0.4, 0.5) is 19.1 Å². The molecule has 1 unspecified atom stereocenters. The molecular formula is C9H9F3N6O. The second kappa shape index (κ2) is 4.71. The fourth-order valence-electron chi connectivity index (χ4n) is 1.13. The molecule has 2 N–H and O–H groups in total. The quantitative estimate of drug-likeness (QED) is 0.896. The highest BCUT2D eigenvalue weighted by molar-refractivity contribution is 5.25. The van der Waals surface area contributed by atoms with Crippen LogP contribution < -0.4 is 10.5 Å². The number of nitrogens with zero attached hydrogens (tertiary/aromatic N) is 5. The van der Waals surface area contributed by atoms with E-state index in [9.17, 15) is 13.2 Å². The minimum atomic E-state index is -4.52. The van der Waals surface area contributed by atoms with Crippen LogP contribution in [0.5, 0.6) is 6.01 Å². The van der Waals surface area contributed by atoms with Crippen molar-refractivity contribution in [3.05, 3.63) is 18.7 Å². The van der Waals surface area contributed by atoms with Crippen LogP contribution >= 0.6 is 0 Å². The molecule has 19 heavy (non-hydrogen) atoms. The molecule has 0 saturated heterocycles. The molecule has 0 bridgehead atoms. The number of nitrogen functional groups attached to an aromatic ring is 1. The number of alkyl halides is 3. The standard InChI is InChI=1S/C9H9F3N6O/c1-5(9(10,11)12)19-8-16-6(13)15-7(17-8)18-3-2-14-4-18/h2-5H,1H3,(H2,13,15,16,17). The maximum absolute atomic E-state index is 12.4. The Balaban J connectivity index is 2.28. The smallest absolute Gasteiger partial charge is 0.425 e. The van der Waals surface area contributed by atoms with Crippen molar-refractivity contribution in [3.63, 3.8) is 0 Å². The van der Waals surface area contributed by atoms with Crippen molar-refractivity contribution in [2.75, 3.05) is 5.73 Å². The van der Waals surface area contributed by atoms with E-state index in [1.54, 1.807) is 0 Å². The largest absolute Gasteiger partial charge is 0.451 e. The predicted molar refractivity (Wildman–Crippen MR) is 57.5 cm³/mol. The van der Waals surface area contributed by atoms with Gasteiger partial charge in [0.25, 0.3) is 0 Å². The zero-order valence-corrected chi connectivity index (χ0v) is 9.66. The lowest BCUT2D eigenvalue weighted by molar-refractivity contribution is -0.190. The van der Waals surface area contributed by atoms with Gasteiger partial charge in [-0.15, -0.1) is 0 Å². The predicted octanol–water partition coefficient (Wildman–Crippen LogP) is 0.969. The van der Waals surface area contributed by atoms with Crippen molar-refractivity contribution in [1.29, 1.82) is 0 Å². The van der Waals surface area contributed by atoms with Gasteiger partial charge in [0.2, 0.25) is 11.9 Å². The van der Waals surface area contributed by atoms with E-state index in [2.05, 4.69) is 24.7 Å². The van der Waals surface area contributed by atoms with E-state index in [0.29, 0.717) is 0 Å². The summed E-state index contributed by atoms with van der Waals surface area (Å²) < 4.78 is 43.1. The maximum atomic E-state index is 12.4. The Morgan fingerprint density at radius 3 is 2.63 bits per heavy atom. The molecule has 1 atom stereocenters. The van der Waals surface area contributed by atoms with Crippen LogP contribution in [-0.4, -0.2) is 36.8 Å². The van der Waals surface area contributed by atoms with E-state index in [-0.39, 0.29) is 11.9 Å². The molecule has 0 aliphatic rings. The van der Waals surface area contributed by atoms with Crippen molar-refractivity contribution in [2.45, 2.75) is 19.2 Å². The first kappa shape index (κ1) is 13.1. The van der Waals surface area contributed by atoms with E-state index in [1.165, 1.54) is 23.3 Å². The van der Waals surface area contributed by atoms with Crippen LogP contribution in [0.3, 0.4) is 0 Å². The van der Waals surface area contributed by atoms with Crippen LogP contribution in [0.2, 0.25) is 0 Å². The lowest BCUT2D eigenvalue weighted by Crippen LogP contribution is -2.32. The average Bonchev–Trinajstić information content (AvgIpc) is 2.80. The number of hydrogen-bond donors (Lipinski definition) is 1. The Hall–Kier alpha value is -2.39. The summed E-state index contributed by atoms with van der Waals surface area (Å²) >= 11 is 0. The summed E-state index contributed by atoms with van der Waals surface area (Å²) in [6.45, 7) is 0.844. The molecule has 0 saturated carbocycles. The summed E-state index contributed by atoms with van der Waals surface area (Å²) in [7, 11) is 0. The monoisotopic (exact) mass is 274 g/mol. The molecule has 2 heterocycles. The number of rotatable bonds is 3. The van der Waals surface area contributed by atoms with Crippen molar-refractivity contribution < 1.29 is 17.9 Å². The van der Waals surface area contributed by atoms with Gasteiger partial charge in [-0.3, -0.25) is 4.57 Å². The van der Waals surface area contributed by atoms with Crippen LogP contribution in [0.15, 0.2) is 18.7 Å². The molecule has 2 aromatic heterocycles. The third-order valence-electron chi connectivity index (χ3n) is 2.10. The lowest BCUT2D eigenvalue weighted by Gasteiger charge is -2.16. The molecule has 0 amide bonds. The van der Waals surface area contributed by atoms with Gasteiger partial charge in [0.1, 0.15) is 6.33 Å². The summed E-state index contributed by atoms with van der Waals surface area (Å²) in [5, 5.41) is 0. The molecule has 0 radical (unpaired) electrons. The first-order valence-electron chi connectivity index (χ1n) is 5.09. The van der Waals surface area contributed by atoms with Crippen LogP contribution in [-0.2, 0) is 0 Å². The number of aromatic nitrogens is 5. The van der Waals surface area contributed by atoms with Gasteiger partial charge in [0, 0.05) is 12.4 Å². The highest BCUT2D eigenvalue weighted by atomic mass is 19.4. The third-order valence-corrected chi connectivity index (χ3v) is 2.10. The van der Waals surface area contributed by atoms with Crippen molar-refractivity contribution >= 4 is 5.95 Å². The first-order valence-corrected chi connectivity index (χ1v) is 5.09. The van der Waals surface area contributed by atoms with Gasteiger partial charge in [0.05, 0.1) is 0 Å². The first-order chi connectivity index (χ1) is 8.86. The van der Waals surface area contributed by atoms with Crippen LogP contribution in [0.25, 0.3) is 5.95 Å². The van der Waals surface area contributed by atoms with Gasteiger partial charge in [-0.1, -0.05) is 0 Å². The zero-order valence-electron chi connectivity index (χ0n) is 9.66. The second-order valence-electron chi connectivity index (χ2n) is 3.55. The molecular weight excluding hydrogens is 265 g/mol. The molecule has 0 aliphatic carbocycles. The number of halogens is 3. The Labute approximate surface area is 105 Å². The second-order valence-corrected chi connectivity index (χ2v) is 3.55. The van der Waals surface area contributed by atoms with E-state index in [4.69, 9.17) is 5.73 Å². The van der Waals surface area contributed by atoms with Gasteiger partial charge in [-0.25, -0.2) is 4.98 Å². The molecule has 2 aromatic rings. The van der Waals surface area contributed by atoms with E-state index < -0.39 is 18.3 Å². The van der Waals surface area contributed by atoms with E-state index >= 15 is 0 Å². The fourth-order valence-corrected chi connectivity index (χ4v) is 1.13. The maximum Gasteiger partial charge on any atom is 0.425 e. The molecule has 10 heteroatoms. The highest BCUT2D eigenvalue weighted by Crippen LogP contribution is 2.23. The molecule has 0 fully saturated rings. The number of nitrogens with two attached hydrogens (primary N) is 1. The van der Waals surface area contributed by atoms with Crippen LogP contribution in [0.1, 0.15) is 6.92 Å². The fraction of sp³-hybridized carbons (Fsp3) is 0.333. The lowest BCUT2D eigenvalue weighted by atomic mass is 10.4. The number of anilines is 1. The molecule has 102 valence electrons. The van der Waals surface area contributed by atoms with Gasteiger partial charge < -0.3 is 10.5 Å². The molecule has 7 nitrogen and oxygen atoms in total. The molecule has 0 aromatic carbocycles. The Morgan fingerprint density at radius 1 is 1.32 bits per heavy atom. The number of hydrogen-bond acceptors (Lipinski definition) is 6. The van der Waals surface area contributed by atoms with Gasteiger partial charge in [0.15, 0.2) is 6.10 Å². The summed E-state index contributed by atoms with van der Waals surface area (Å²) in [6, 6.07) is -0.499. The molecule has 0 spiro atoms. The molecule has 0 aliphatic heterocycles. The summed E-state index contributed by atoms with van der Waals surface area (Å²) in [5.74, 6) is -0.225. The van der Waals surface area contributed by atoms with E-state index in [1.807, 2.05) is 0 Å². The van der Waals surface area contributed by atoms with Crippen molar-refractivity contribution in [3.8, 4) is 12.0 Å². The van der Waals surface area contributed by atoms with Gasteiger partial charge >= 0.3 is 12.2 Å². The number of imidazole rings is 1. The van der Waals surface area contributed by atoms with Crippen LogP contribution in [0, 0.1) is 0 Å². The normalized spacial score (nSPS) is 13.3. The number of ether oxygens (including phenoxy) is 1. The summed E-state index contributed by atoms with van der Waals surface area (Å²) in [5.41, 5.74) is 5.39. The van der Waals surface area contributed by atoms with Gasteiger partial charge in [-0.05, 0) is 6.92 Å².